The molecule has 204 valence electrons. The molecule has 0 aromatic carbocycles. The molecule has 3 aromatic heterocycles. The number of aromatic nitrogens is 2. The van der Waals surface area contributed by atoms with E-state index in [0.29, 0.717) is 48.0 Å². The maximum absolute atomic E-state index is 13.9. The van der Waals surface area contributed by atoms with E-state index in [9.17, 15) is 18.0 Å². The molecule has 0 atom stereocenters. The molecule has 1 saturated heterocycles. The predicted molar refractivity (Wildman–Crippen MR) is 147 cm³/mol. The first-order valence-electron chi connectivity index (χ1n) is 12.2. The van der Waals surface area contributed by atoms with Crippen molar-refractivity contribution in [2.45, 2.75) is 51.2 Å². The normalized spacial score (nSPS) is 14.9. The third-order valence-electron chi connectivity index (χ3n) is 6.07. The number of nitrogens with zero attached hydrogens (tertiary/aromatic N) is 3. The minimum atomic E-state index is -4.41. The molecule has 1 aliphatic heterocycles. The van der Waals surface area contributed by atoms with Crippen molar-refractivity contribution in [2.24, 2.45) is 11.3 Å². The average molecular weight is 580 g/mol. The summed E-state index contributed by atoms with van der Waals surface area (Å²) in [5.74, 6) is -0.841. The van der Waals surface area contributed by atoms with Gasteiger partial charge in [-0.3, -0.25) is 9.59 Å². The van der Waals surface area contributed by atoms with E-state index in [1.54, 1.807) is 27.0 Å². The van der Waals surface area contributed by atoms with Crippen molar-refractivity contribution in [1.29, 1.82) is 0 Å². The van der Waals surface area contributed by atoms with E-state index in [1.165, 1.54) is 24.4 Å². The summed E-state index contributed by atoms with van der Waals surface area (Å²) in [6.45, 7) is 8.26. The molecule has 0 radical (unpaired) electrons. The lowest BCUT2D eigenvalue weighted by Crippen LogP contribution is -2.45. The highest BCUT2D eigenvalue weighted by Gasteiger charge is 2.39. The Hall–Kier alpha value is -2.80. The number of piperidine rings is 1. The number of anilines is 2. The Morgan fingerprint density at radius 3 is 2.50 bits per heavy atom. The molecule has 4 heterocycles. The lowest BCUT2D eigenvalue weighted by molar-refractivity contribution is -0.123. The van der Waals surface area contributed by atoms with Gasteiger partial charge in [-0.25, -0.2) is 9.97 Å². The number of sulfonamides is 1. The molecule has 0 bridgehead atoms. The van der Waals surface area contributed by atoms with Gasteiger partial charge < -0.3 is 15.1 Å². The average Bonchev–Trinajstić information content (AvgIpc) is 3.54. The Labute approximate surface area is 230 Å². The summed E-state index contributed by atoms with van der Waals surface area (Å²) in [7, 11) is -4.41. The molecule has 1 fully saturated rings. The van der Waals surface area contributed by atoms with Gasteiger partial charge in [0.25, 0.3) is 10.0 Å². The summed E-state index contributed by atoms with van der Waals surface area (Å²) in [5, 5.41) is 5.97. The van der Waals surface area contributed by atoms with Crippen molar-refractivity contribution in [1.82, 2.24) is 15.3 Å². The summed E-state index contributed by atoms with van der Waals surface area (Å²) in [5.41, 5.74) is -0.342. The number of aryl methyl sites for hydroxylation is 1. The first-order chi connectivity index (χ1) is 17.9. The first-order valence-corrected chi connectivity index (χ1v) is 14.9. The summed E-state index contributed by atoms with van der Waals surface area (Å²) in [6.07, 6.45) is 4.54. The molecule has 2 N–H and O–H groups in total. The monoisotopic (exact) mass is 579 g/mol. The highest BCUT2D eigenvalue weighted by atomic mass is 35.5. The van der Waals surface area contributed by atoms with Crippen LogP contribution >= 0.6 is 22.9 Å². The number of pyridine rings is 1. The van der Waals surface area contributed by atoms with Gasteiger partial charge in [-0.05, 0) is 44.1 Å². The number of hydrogen-bond donors (Lipinski definition) is 2. The highest BCUT2D eigenvalue weighted by Crippen LogP contribution is 2.37. The third kappa shape index (κ3) is 5.93. The summed E-state index contributed by atoms with van der Waals surface area (Å²) < 4.78 is 34.4. The van der Waals surface area contributed by atoms with Crippen LogP contribution in [0.15, 0.2) is 39.2 Å². The van der Waals surface area contributed by atoms with Crippen LogP contribution in [0.5, 0.6) is 0 Å². The van der Waals surface area contributed by atoms with Gasteiger partial charge in [0.15, 0.2) is 5.82 Å². The van der Waals surface area contributed by atoms with Gasteiger partial charge in [0.05, 0.1) is 21.8 Å². The van der Waals surface area contributed by atoms with E-state index in [-0.39, 0.29) is 31.8 Å². The first kappa shape index (κ1) is 28.2. The SMILES string of the molecule is CCc1cnc(-c2cnc(N(C(=O)C3CCNCC3)S(=O)(=O)c3ccc(Cl)s3)c(NC(=O)C(C)(C)C)c2)o1. The van der Waals surface area contributed by atoms with Gasteiger partial charge in [-0.1, -0.05) is 39.3 Å². The highest BCUT2D eigenvalue weighted by molar-refractivity contribution is 7.95. The molecule has 38 heavy (non-hydrogen) atoms. The van der Waals surface area contributed by atoms with E-state index in [2.05, 4.69) is 20.6 Å². The zero-order valence-electron chi connectivity index (χ0n) is 21.6. The van der Waals surface area contributed by atoms with Crippen LogP contribution in [0.1, 0.15) is 46.3 Å². The van der Waals surface area contributed by atoms with Crippen LogP contribution < -0.4 is 14.9 Å². The summed E-state index contributed by atoms with van der Waals surface area (Å²) >= 11 is 6.89. The second-order valence-electron chi connectivity index (χ2n) is 9.98. The lowest BCUT2D eigenvalue weighted by Gasteiger charge is -2.29. The van der Waals surface area contributed by atoms with E-state index in [0.717, 1.165) is 11.3 Å². The predicted octanol–water partition coefficient (Wildman–Crippen LogP) is 4.72. The van der Waals surface area contributed by atoms with Crippen molar-refractivity contribution < 1.29 is 22.4 Å². The van der Waals surface area contributed by atoms with Crippen molar-refractivity contribution >= 4 is 56.3 Å². The topological polar surface area (TPSA) is 134 Å². The third-order valence-corrected chi connectivity index (χ3v) is 9.45. The van der Waals surface area contributed by atoms with E-state index in [1.807, 2.05) is 6.92 Å². The van der Waals surface area contributed by atoms with E-state index < -0.39 is 27.3 Å². The van der Waals surface area contributed by atoms with Crippen molar-refractivity contribution in [3.63, 3.8) is 0 Å². The molecule has 1 aliphatic rings. The number of rotatable bonds is 7. The van der Waals surface area contributed by atoms with Crippen LogP contribution in [-0.2, 0) is 26.0 Å². The second-order valence-corrected chi connectivity index (χ2v) is 13.7. The fraction of sp³-hybridized carbons (Fsp3) is 0.440. The number of hydrogen-bond acceptors (Lipinski definition) is 9. The molecule has 0 aliphatic carbocycles. The van der Waals surface area contributed by atoms with Gasteiger partial charge in [-0.2, -0.15) is 12.7 Å². The van der Waals surface area contributed by atoms with Crippen LogP contribution in [0.3, 0.4) is 0 Å². The zero-order valence-corrected chi connectivity index (χ0v) is 24.0. The van der Waals surface area contributed by atoms with Gasteiger partial charge in [0.2, 0.25) is 17.7 Å². The molecular formula is C25H30ClN5O5S2. The van der Waals surface area contributed by atoms with Crippen molar-refractivity contribution in [3.8, 4) is 11.5 Å². The van der Waals surface area contributed by atoms with Gasteiger partial charge in [0, 0.05) is 24.0 Å². The number of halogens is 1. The Morgan fingerprint density at radius 2 is 1.92 bits per heavy atom. The fourth-order valence-electron chi connectivity index (χ4n) is 3.84. The van der Waals surface area contributed by atoms with E-state index in [4.69, 9.17) is 16.0 Å². The van der Waals surface area contributed by atoms with Crippen LogP contribution in [0, 0.1) is 11.3 Å². The number of carbonyl (C=O) groups is 2. The van der Waals surface area contributed by atoms with Crippen molar-refractivity contribution in [3.05, 3.63) is 40.7 Å². The second kappa shape index (κ2) is 11.1. The van der Waals surface area contributed by atoms with Crippen molar-refractivity contribution in [2.75, 3.05) is 22.7 Å². The quantitative estimate of drug-likeness (QED) is 0.410. The Morgan fingerprint density at radius 1 is 1.21 bits per heavy atom. The number of amides is 2. The Kier molecular flexibility index (Phi) is 8.26. The van der Waals surface area contributed by atoms with E-state index >= 15 is 0 Å². The molecule has 0 spiro atoms. The number of nitrogens with one attached hydrogen (secondary N) is 2. The molecular weight excluding hydrogens is 550 g/mol. The number of carbonyl (C=O) groups excluding carboxylic acids is 2. The molecule has 10 nitrogen and oxygen atoms in total. The van der Waals surface area contributed by atoms with Crippen LogP contribution in [0.25, 0.3) is 11.5 Å². The summed E-state index contributed by atoms with van der Waals surface area (Å²) in [6, 6.07) is 4.34. The molecule has 0 saturated carbocycles. The lowest BCUT2D eigenvalue weighted by atomic mass is 9.95. The maximum Gasteiger partial charge on any atom is 0.281 e. The standard InChI is InChI=1S/C25H30ClN5O5S2/c1-5-17-14-29-22(36-17)16-12-18(30-24(33)25(2,3)4)21(28-13-16)31(23(32)15-8-10-27-11-9-15)38(34,35)20-7-6-19(26)37-20/h6-7,12-15,27H,5,8-11H2,1-4H3,(H,30,33). The Balaban J connectivity index is 1.89. The smallest absolute Gasteiger partial charge is 0.281 e. The molecule has 13 heteroatoms. The minimum Gasteiger partial charge on any atom is -0.441 e. The largest absolute Gasteiger partial charge is 0.441 e. The zero-order chi connectivity index (χ0) is 27.7. The molecule has 4 rings (SSSR count). The fourth-order valence-corrected chi connectivity index (χ4v) is 6.85. The Bertz CT molecular complexity index is 1440. The number of thiophene rings is 1. The van der Waals surface area contributed by atoms with Gasteiger partial charge in [0.1, 0.15) is 9.97 Å². The summed E-state index contributed by atoms with van der Waals surface area (Å²) in [4.78, 5) is 35.6. The number of oxazole rings is 1. The molecule has 2 amide bonds. The minimum absolute atomic E-state index is 0.0483. The van der Waals surface area contributed by atoms with Gasteiger partial charge >= 0.3 is 0 Å². The van der Waals surface area contributed by atoms with Crippen LogP contribution in [-0.4, -0.2) is 43.3 Å². The van der Waals surface area contributed by atoms with Crippen LogP contribution in [0.2, 0.25) is 4.34 Å². The van der Waals surface area contributed by atoms with Gasteiger partial charge in [-0.15, -0.1) is 11.3 Å². The van der Waals surface area contributed by atoms with Crippen LogP contribution in [0.4, 0.5) is 11.5 Å². The molecule has 3 aromatic rings. The molecule has 0 unspecified atom stereocenters. The maximum atomic E-state index is 13.9.